The number of amides is 5. The molecule has 1 aliphatic rings. The van der Waals surface area contributed by atoms with Gasteiger partial charge < -0.3 is 35.2 Å². The highest BCUT2D eigenvalue weighted by atomic mass is 16.5. The molecule has 0 fully saturated rings. The molecule has 0 aliphatic heterocycles. The van der Waals surface area contributed by atoms with Crippen molar-refractivity contribution in [1.82, 2.24) is 30.7 Å². The summed E-state index contributed by atoms with van der Waals surface area (Å²) in [6, 6.07) is 11.8. The Morgan fingerprint density at radius 2 is 1.33 bits per heavy atom. The van der Waals surface area contributed by atoms with Gasteiger partial charge in [-0.15, -0.1) is 0 Å². The van der Waals surface area contributed by atoms with Crippen molar-refractivity contribution in [2.24, 2.45) is 11.8 Å². The molecule has 0 saturated carbocycles. The van der Waals surface area contributed by atoms with Gasteiger partial charge in [0.1, 0.15) is 24.7 Å². The Balaban J connectivity index is 1.58. The number of carbonyl (C=O) groups excluding carboxylic acids is 6. The quantitative estimate of drug-likeness (QED) is 0.153. The van der Waals surface area contributed by atoms with E-state index in [1.54, 1.807) is 20.8 Å². The summed E-state index contributed by atoms with van der Waals surface area (Å²) in [7, 11) is 5.73. The van der Waals surface area contributed by atoms with E-state index in [0.717, 1.165) is 27.2 Å². The SMILES string of the molecule is CC(C)C[C@@H](C(=O)NCC(=O)N(C)[C@H](C(=O)N[C@@H](CC(=O)O)C(=O)N(C)C)C(C)C)N(C)C(=O)[C@H](C)NCC(=O)OCC1c2ccccc2-c2ccccc21. The van der Waals surface area contributed by atoms with E-state index in [0.29, 0.717) is 0 Å². The molecule has 3 rings (SSSR count). The molecule has 300 valence electrons. The molecule has 55 heavy (non-hydrogen) atoms. The summed E-state index contributed by atoms with van der Waals surface area (Å²) in [5, 5.41) is 17.2. The zero-order valence-corrected chi connectivity index (χ0v) is 33.3. The highest BCUT2D eigenvalue weighted by molar-refractivity contribution is 5.95. The fraction of sp³-hybridized carbons (Fsp3) is 0.525. The lowest BCUT2D eigenvalue weighted by Gasteiger charge is -2.33. The number of nitrogens with one attached hydrogen (secondary N) is 3. The van der Waals surface area contributed by atoms with Crippen LogP contribution in [0.4, 0.5) is 0 Å². The number of carbonyl (C=O) groups is 7. The van der Waals surface area contributed by atoms with E-state index in [-0.39, 0.29) is 31.4 Å². The first-order valence-corrected chi connectivity index (χ1v) is 18.5. The molecule has 0 bridgehead atoms. The number of hydrogen-bond acceptors (Lipinski definition) is 9. The summed E-state index contributed by atoms with van der Waals surface area (Å²) in [5.41, 5.74) is 4.39. The highest BCUT2D eigenvalue weighted by Gasteiger charge is 2.35. The second kappa shape index (κ2) is 19.9. The van der Waals surface area contributed by atoms with Gasteiger partial charge in [0.05, 0.1) is 25.6 Å². The van der Waals surface area contributed by atoms with Crippen LogP contribution in [0, 0.1) is 11.8 Å². The molecule has 2 aromatic carbocycles. The van der Waals surface area contributed by atoms with Crippen molar-refractivity contribution in [2.45, 2.75) is 77.5 Å². The third-order valence-corrected chi connectivity index (χ3v) is 9.67. The van der Waals surface area contributed by atoms with E-state index in [1.807, 2.05) is 62.4 Å². The minimum atomic E-state index is -1.34. The Morgan fingerprint density at radius 1 is 0.764 bits per heavy atom. The number of nitrogens with zero attached hydrogens (tertiary/aromatic N) is 3. The van der Waals surface area contributed by atoms with Gasteiger partial charge in [0.25, 0.3) is 0 Å². The number of carboxylic acids is 1. The number of benzene rings is 2. The third-order valence-electron chi connectivity index (χ3n) is 9.67. The van der Waals surface area contributed by atoms with Gasteiger partial charge in [-0.2, -0.15) is 0 Å². The van der Waals surface area contributed by atoms with Crippen LogP contribution in [0.25, 0.3) is 11.1 Å². The molecule has 1 aliphatic carbocycles. The Bertz CT molecular complexity index is 1680. The van der Waals surface area contributed by atoms with Crippen LogP contribution in [-0.4, -0.2) is 133 Å². The van der Waals surface area contributed by atoms with Crippen LogP contribution in [0.5, 0.6) is 0 Å². The van der Waals surface area contributed by atoms with Gasteiger partial charge in [-0.05, 0) is 47.4 Å². The van der Waals surface area contributed by atoms with Gasteiger partial charge >= 0.3 is 11.9 Å². The van der Waals surface area contributed by atoms with Crippen molar-refractivity contribution in [3.8, 4) is 11.1 Å². The standard InChI is InChI=1S/C40H56N6O9/c1-23(2)18-32(37(51)42-20-33(47)46(9)36(24(3)4)38(52)43-31(19-34(48)49)40(54)44(6)7)45(8)39(53)25(5)41-21-35(50)55-22-30-28-16-12-10-14-26(28)27-15-11-13-17-29(27)30/h10-17,23-25,30-32,36,41H,18-22H2,1-9H3,(H,42,51)(H,43,52)(H,48,49)/t25-,31-,32-,36-/m0/s1. The number of aliphatic carboxylic acids is 1. The molecular formula is C40H56N6O9. The minimum Gasteiger partial charge on any atom is -0.481 e. The van der Waals surface area contributed by atoms with Gasteiger partial charge in [-0.25, -0.2) is 0 Å². The summed E-state index contributed by atoms with van der Waals surface area (Å²) < 4.78 is 5.65. The first-order chi connectivity index (χ1) is 25.8. The molecule has 0 heterocycles. The fourth-order valence-corrected chi connectivity index (χ4v) is 6.77. The lowest BCUT2D eigenvalue weighted by atomic mass is 9.98. The Labute approximate surface area is 323 Å². The van der Waals surface area contributed by atoms with Crippen LogP contribution in [0.1, 0.15) is 64.5 Å². The Morgan fingerprint density at radius 3 is 1.84 bits per heavy atom. The van der Waals surface area contributed by atoms with Crippen molar-refractivity contribution in [1.29, 1.82) is 0 Å². The molecule has 0 saturated heterocycles. The van der Waals surface area contributed by atoms with E-state index < -0.39 is 84.5 Å². The second-order valence-electron chi connectivity index (χ2n) is 14.9. The van der Waals surface area contributed by atoms with Crippen molar-refractivity contribution >= 4 is 41.5 Å². The maximum absolute atomic E-state index is 13.5. The van der Waals surface area contributed by atoms with E-state index in [9.17, 15) is 38.7 Å². The average molecular weight is 765 g/mol. The summed E-state index contributed by atoms with van der Waals surface area (Å²) in [6.45, 7) is 8.16. The van der Waals surface area contributed by atoms with Crippen molar-refractivity contribution in [2.75, 3.05) is 47.9 Å². The third kappa shape index (κ3) is 11.6. The number of ether oxygens (including phenoxy) is 1. The van der Waals surface area contributed by atoms with E-state index in [1.165, 1.54) is 38.0 Å². The van der Waals surface area contributed by atoms with E-state index in [2.05, 4.69) is 16.0 Å². The smallest absolute Gasteiger partial charge is 0.319 e. The van der Waals surface area contributed by atoms with Gasteiger partial charge in [0, 0.05) is 34.1 Å². The van der Waals surface area contributed by atoms with Crippen LogP contribution >= 0.6 is 0 Å². The predicted octanol–water partition coefficient (Wildman–Crippen LogP) is 1.84. The molecule has 0 radical (unpaired) electrons. The van der Waals surface area contributed by atoms with Gasteiger partial charge in [0.15, 0.2) is 0 Å². The maximum Gasteiger partial charge on any atom is 0.319 e. The number of hydrogen-bond donors (Lipinski definition) is 4. The zero-order chi connectivity index (χ0) is 41.1. The van der Waals surface area contributed by atoms with E-state index in [4.69, 9.17) is 4.74 Å². The van der Waals surface area contributed by atoms with Crippen LogP contribution < -0.4 is 16.0 Å². The van der Waals surface area contributed by atoms with Crippen molar-refractivity contribution in [3.05, 3.63) is 59.7 Å². The first kappa shape index (κ1) is 44.1. The normalized spacial score (nSPS) is 14.2. The largest absolute Gasteiger partial charge is 0.481 e. The topological polar surface area (TPSA) is 195 Å². The predicted molar refractivity (Wildman–Crippen MR) is 205 cm³/mol. The lowest BCUT2D eigenvalue weighted by molar-refractivity contribution is -0.146. The average Bonchev–Trinajstić information content (AvgIpc) is 3.45. The molecular weight excluding hydrogens is 708 g/mol. The van der Waals surface area contributed by atoms with Crippen LogP contribution in [-0.2, 0) is 38.3 Å². The second-order valence-corrected chi connectivity index (χ2v) is 14.9. The molecule has 4 N–H and O–H groups in total. The summed E-state index contributed by atoms with van der Waals surface area (Å²) in [5.74, 6) is -5.35. The Hall–Kier alpha value is -5.31. The summed E-state index contributed by atoms with van der Waals surface area (Å²) >= 11 is 0. The van der Waals surface area contributed by atoms with Crippen LogP contribution in [0.15, 0.2) is 48.5 Å². The maximum atomic E-state index is 13.5. The first-order valence-electron chi connectivity index (χ1n) is 18.5. The Kier molecular flexibility index (Phi) is 15.9. The number of rotatable bonds is 19. The van der Waals surface area contributed by atoms with Gasteiger partial charge in [-0.3, -0.25) is 38.9 Å². The molecule has 0 aromatic heterocycles. The van der Waals surface area contributed by atoms with Gasteiger partial charge in [0.2, 0.25) is 29.5 Å². The molecule has 15 heteroatoms. The number of fused-ring (bicyclic) bond motifs is 3. The van der Waals surface area contributed by atoms with E-state index >= 15 is 0 Å². The lowest BCUT2D eigenvalue weighted by Crippen LogP contribution is -2.58. The van der Waals surface area contributed by atoms with Crippen molar-refractivity contribution in [3.63, 3.8) is 0 Å². The number of likely N-dealkylation sites (N-methyl/N-ethyl adjacent to an activating group) is 3. The van der Waals surface area contributed by atoms with Crippen molar-refractivity contribution < 1.29 is 43.4 Å². The minimum absolute atomic E-state index is 0.00823. The fourth-order valence-electron chi connectivity index (χ4n) is 6.77. The monoisotopic (exact) mass is 764 g/mol. The highest BCUT2D eigenvalue weighted by Crippen LogP contribution is 2.44. The van der Waals surface area contributed by atoms with Crippen LogP contribution in [0.2, 0.25) is 0 Å². The molecule has 15 nitrogen and oxygen atoms in total. The molecule has 0 unspecified atom stereocenters. The summed E-state index contributed by atoms with van der Waals surface area (Å²) in [6.07, 6.45) is -0.368. The number of esters is 1. The molecule has 0 spiro atoms. The summed E-state index contributed by atoms with van der Waals surface area (Å²) in [4.78, 5) is 93.9. The molecule has 4 atom stereocenters. The molecule has 2 aromatic rings. The molecule has 5 amide bonds. The van der Waals surface area contributed by atoms with Crippen LogP contribution in [0.3, 0.4) is 0 Å². The van der Waals surface area contributed by atoms with Gasteiger partial charge in [-0.1, -0.05) is 76.2 Å². The number of carboxylic acid groups (broad SMARTS) is 1. The zero-order valence-electron chi connectivity index (χ0n) is 33.3.